The lowest BCUT2D eigenvalue weighted by Crippen LogP contribution is -2.37. The molecule has 2 N–H and O–H groups in total. The lowest BCUT2D eigenvalue weighted by atomic mass is 9.82. The van der Waals surface area contributed by atoms with Crippen LogP contribution in [0.3, 0.4) is 0 Å². The molecule has 1 aromatic rings. The molecule has 0 spiro atoms. The molecule has 92 valence electrons. The molecule has 0 aromatic carbocycles. The number of hydrogen-bond donors (Lipinski definition) is 2. The predicted octanol–water partition coefficient (Wildman–Crippen LogP) is 1.96. The maximum absolute atomic E-state index is 11.5. The normalized spacial score (nSPS) is 23.6. The molecule has 1 aromatic heterocycles. The molecular weight excluding hydrogens is 234 g/mol. The Morgan fingerprint density at radius 2 is 2.41 bits per heavy atom. The van der Waals surface area contributed by atoms with Gasteiger partial charge in [-0.25, -0.2) is 0 Å². The fraction of sp³-hybridized carbons (Fsp3) is 0.462. The summed E-state index contributed by atoms with van der Waals surface area (Å²) in [5.41, 5.74) is 1.20. The Balaban J connectivity index is 1.74. The van der Waals surface area contributed by atoms with Gasteiger partial charge in [0.1, 0.15) is 0 Å². The Labute approximate surface area is 105 Å². The largest absolute Gasteiger partial charge is 0.393 e. The maximum Gasteiger partial charge on any atom is 0.244 e. The number of hydrogen-bond acceptors (Lipinski definition) is 3. The van der Waals surface area contributed by atoms with Gasteiger partial charge in [-0.1, -0.05) is 0 Å². The first-order valence-electron chi connectivity index (χ1n) is 5.83. The monoisotopic (exact) mass is 251 g/mol. The fourth-order valence-corrected chi connectivity index (χ4v) is 2.70. The molecule has 0 bridgehead atoms. The third-order valence-electron chi connectivity index (χ3n) is 3.06. The van der Waals surface area contributed by atoms with E-state index in [1.54, 1.807) is 17.4 Å². The van der Waals surface area contributed by atoms with Crippen molar-refractivity contribution < 1.29 is 9.90 Å². The van der Waals surface area contributed by atoms with Crippen LogP contribution >= 0.6 is 11.3 Å². The number of carbonyl (C=O) groups excluding carboxylic acids is 1. The van der Waals surface area contributed by atoms with E-state index < -0.39 is 0 Å². The zero-order valence-electron chi connectivity index (χ0n) is 9.85. The Kier molecular flexibility index (Phi) is 3.97. The molecule has 1 amide bonds. The molecule has 1 aliphatic rings. The van der Waals surface area contributed by atoms with Crippen LogP contribution in [0.1, 0.15) is 23.3 Å². The van der Waals surface area contributed by atoms with Crippen LogP contribution in [0.15, 0.2) is 17.5 Å². The van der Waals surface area contributed by atoms with E-state index in [-0.39, 0.29) is 12.0 Å². The van der Waals surface area contributed by atoms with Gasteiger partial charge in [0.2, 0.25) is 5.91 Å². The number of aryl methyl sites for hydroxylation is 1. The third kappa shape index (κ3) is 3.41. The molecule has 0 radical (unpaired) electrons. The highest BCUT2D eigenvalue weighted by Crippen LogP contribution is 2.26. The van der Waals surface area contributed by atoms with E-state index in [0.717, 1.165) is 17.7 Å². The second-order valence-electron chi connectivity index (χ2n) is 4.54. The van der Waals surface area contributed by atoms with Gasteiger partial charge in [0.25, 0.3) is 0 Å². The van der Waals surface area contributed by atoms with Crippen molar-refractivity contribution in [3.8, 4) is 0 Å². The van der Waals surface area contributed by atoms with Gasteiger partial charge >= 0.3 is 0 Å². The second kappa shape index (κ2) is 5.47. The maximum atomic E-state index is 11.5. The average Bonchev–Trinajstić information content (AvgIpc) is 2.66. The number of aliphatic hydroxyl groups is 1. The minimum atomic E-state index is -0.152. The molecule has 0 aliphatic heterocycles. The summed E-state index contributed by atoms with van der Waals surface area (Å²) in [5, 5.41) is 14.0. The van der Waals surface area contributed by atoms with Gasteiger partial charge in [0, 0.05) is 17.5 Å². The van der Waals surface area contributed by atoms with Gasteiger partial charge in [0.05, 0.1) is 6.10 Å². The highest BCUT2D eigenvalue weighted by Gasteiger charge is 2.26. The van der Waals surface area contributed by atoms with Crippen LogP contribution in [0, 0.1) is 12.8 Å². The van der Waals surface area contributed by atoms with E-state index in [4.69, 9.17) is 5.11 Å². The quantitative estimate of drug-likeness (QED) is 0.804. The molecule has 3 nitrogen and oxygen atoms in total. The summed E-state index contributed by atoms with van der Waals surface area (Å²) in [6.07, 6.45) is 4.90. The molecule has 1 fully saturated rings. The van der Waals surface area contributed by atoms with E-state index in [1.807, 2.05) is 24.4 Å². The first-order chi connectivity index (χ1) is 8.15. The lowest BCUT2D eigenvalue weighted by Gasteiger charge is -2.31. The summed E-state index contributed by atoms with van der Waals surface area (Å²) in [4.78, 5) is 12.6. The molecule has 1 aliphatic carbocycles. The summed E-state index contributed by atoms with van der Waals surface area (Å²) in [6, 6.07) is 2.04. The number of thiophene rings is 1. The van der Waals surface area contributed by atoms with Gasteiger partial charge in [-0.3, -0.25) is 4.79 Å². The average molecular weight is 251 g/mol. The van der Waals surface area contributed by atoms with Crippen molar-refractivity contribution in [1.82, 2.24) is 5.32 Å². The summed E-state index contributed by atoms with van der Waals surface area (Å²) < 4.78 is 0. The summed E-state index contributed by atoms with van der Waals surface area (Å²) in [6.45, 7) is 2.70. The van der Waals surface area contributed by atoms with E-state index in [0.29, 0.717) is 12.5 Å². The topological polar surface area (TPSA) is 49.3 Å². The van der Waals surface area contributed by atoms with Gasteiger partial charge in [0.15, 0.2) is 0 Å². The standard InChI is InChI=1S/C13H17NO2S/c1-9-4-5-17-12(9)2-3-13(16)14-8-10-6-11(15)7-10/h2-5,10-11,15H,6-8H2,1H3,(H,14,16). The molecule has 1 saturated carbocycles. The Morgan fingerprint density at radius 1 is 1.65 bits per heavy atom. The minimum absolute atomic E-state index is 0.0563. The molecule has 4 heteroatoms. The molecule has 1 heterocycles. The van der Waals surface area contributed by atoms with Crippen molar-refractivity contribution in [2.24, 2.45) is 5.92 Å². The van der Waals surface area contributed by atoms with Crippen molar-refractivity contribution in [3.05, 3.63) is 28.0 Å². The zero-order valence-corrected chi connectivity index (χ0v) is 10.7. The summed E-state index contributed by atoms with van der Waals surface area (Å²) in [5.74, 6) is 0.394. The predicted molar refractivity (Wildman–Crippen MR) is 69.8 cm³/mol. The highest BCUT2D eigenvalue weighted by molar-refractivity contribution is 7.11. The van der Waals surface area contributed by atoms with E-state index in [9.17, 15) is 4.79 Å². The van der Waals surface area contributed by atoms with Crippen molar-refractivity contribution >= 4 is 23.3 Å². The number of carbonyl (C=O) groups is 1. The summed E-state index contributed by atoms with van der Waals surface area (Å²) >= 11 is 1.63. The SMILES string of the molecule is Cc1ccsc1C=CC(=O)NCC1CC(O)C1. The molecule has 17 heavy (non-hydrogen) atoms. The van der Waals surface area contributed by atoms with Crippen LogP contribution in [0.5, 0.6) is 0 Å². The van der Waals surface area contributed by atoms with E-state index >= 15 is 0 Å². The van der Waals surface area contributed by atoms with Crippen LogP contribution in [0.25, 0.3) is 6.08 Å². The van der Waals surface area contributed by atoms with Gasteiger partial charge in [-0.15, -0.1) is 11.3 Å². The van der Waals surface area contributed by atoms with E-state index in [2.05, 4.69) is 5.32 Å². The number of aliphatic hydroxyl groups excluding tert-OH is 1. The zero-order chi connectivity index (χ0) is 12.3. The van der Waals surface area contributed by atoms with E-state index in [1.165, 1.54) is 5.56 Å². The van der Waals surface area contributed by atoms with Crippen molar-refractivity contribution in [2.45, 2.75) is 25.9 Å². The molecule has 2 rings (SSSR count). The summed E-state index contributed by atoms with van der Waals surface area (Å²) in [7, 11) is 0. The van der Waals surface area contributed by atoms with Crippen LogP contribution in [-0.2, 0) is 4.79 Å². The first-order valence-corrected chi connectivity index (χ1v) is 6.71. The fourth-order valence-electron chi connectivity index (χ4n) is 1.88. The Hall–Kier alpha value is -1.13. The van der Waals surface area contributed by atoms with Crippen molar-refractivity contribution in [1.29, 1.82) is 0 Å². The second-order valence-corrected chi connectivity index (χ2v) is 5.49. The van der Waals surface area contributed by atoms with Crippen molar-refractivity contribution in [3.63, 3.8) is 0 Å². The number of nitrogens with one attached hydrogen (secondary N) is 1. The van der Waals surface area contributed by atoms with Gasteiger partial charge < -0.3 is 10.4 Å². The van der Waals surface area contributed by atoms with Crippen LogP contribution in [-0.4, -0.2) is 23.7 Å². The van der Waals surface area contributed by atoms with Crippen LogP contribution in [0.4, 0.5) is 0 Å². The van der Waals surface area contributed by atoms with Crippen LogP contribution < -0.4 is 5.32 Å². The lowest BCUT2D eigenvalue weighted by molar-refractivity contribution is -0.117. The molecule has 0 unspecified atom stereocenters. The van der Waals surface area contributed by atoms with Gasteiger partial charge in [-0.05, 0) is 48.8 Å². The third-order valence-corrected chi connectivity index (χ3v) is 4.05. The first kappa shape index (κ1) is 12.3. The number of rotatable bonds is 4. The van der Waals surface area contributed by atoms with Gasteiger partial charge in [-0.2, -0.15) is 0 Å². The number of amides is 1. The van der Waals surface area contributed by atoms with Crippen LogP contribution in [0.2, 0.25) is 0 Å². The minimum Gasteiger partial charge on any atom is -0.393 e. The Bertz CT molecular complexity index is 419. The van der Waals surface area contributed by atoms with Crippen molar-refractivity contribution in [2.75, 3.05) is 6.54 Å². The molecule has 0 saturated heterocycles. The smallest absolute Gasteiger partial charge is 0.244 e. The molecular formula is C13H17NO2S. The Morgan fingerprint density at radius 3 is 3.00 bits per heavy atom. The highest BCUT2D eigenvalue weighted by atomic mass is 32.1. The molecule has 0 atom stereocenters.